The number of allylic oxidation sites excluding steroid dienone is 1. The molecule has 0 N–H and O–H groups in total. The zero-order valence-corrected chi connectivity index (χ0v) is 14.4. The van der Waals surface area contributed by atoms with Crippen LogP contribution in [0.3, 0.4) is 0 Å². The van der Waals surface area contributed by atoms with Crippen LogP contribution in [0.2, 0.25) is 0 Å². The maximum absolute atomic E-state index is 5.25. The van der Waals surface area contributed by atoms with Gasteiger partial charge in [-0.15, -0.1) is 0 Å². The van der Waals surface area contributed by atoms with Crippen molar-refractivity contribution in [3.63, 3.8) is 0 Å². The third kappa shape index (κ3) is 8.64. The standard InChI is InChI=1S/C7H14.C6H10.BH.U/c1-2-7-5-3-4-6-7;1-6-4-2-3-5-6;;/h7H,2-6H2,1H3;1-5H2;1H;/i;;1D;. The van der Waals surface area contributed by atoms with Crippen molar-refractivity contribution < 1.29 is 31.1 Å². The first-order valence-corrected chi connectivity index (χ1v) is 5.99. The molecule has 2 aliphatic carbocycles. The molecule has 0 saturated heterocycles. The predicted molar refractivity (Wildman–Crippen MR) is 67.0 cm³/mol. The van der Waals surface area contributed by atoms with Crippen LogP contribution < -0.4 is 0 Å². The van der Waals surface area contributed by atoms with Crippen LogP contribution in [0, 0.1) is 37.0 Å². The van der Waals surface area contributed by atoms with E-state index in [2.05, 4.69) is 21.9 Å². The third-order valence-corrected chi connectivity index (χ3v) is 3.36. The van der Waals surface area contributed by atoms with Gasteiger partial charge in [0.1, 0.15) is 0 Å². The molecule has 2 aliphatic rings. The molecule has 0 bridgehead atoms. The van der Waals surface area contributed by atoms with Gasteiger partial charge >= 0.3 is 0 Å². The van der Waals surface area contributed by atoms with Gasteiger partial charge in [0.15, 0.2) is 0 Å². The second-order valence-corrected chi connectivity index (χ2v) is 4.52. The molecule has 0 aromatic heterocycles. The summed E-state index contributed by atoms with van der Waals surface area (Å²) in [5.41, 5.74) is 1.45. The molecule has 0 heterocycles. The number of rotatable bonds is 1. The summed E-state index contributed by atoms with van der Waals surface area (Å²) in [6.07, 6.45) is 12.8. The first-order valence-electron chi connectivity index (χ1n) is 6.57. The Morgan fingerprint density at radius 3 is 1.87 bits per heavy atom. The largest absolute Gasteiger partial charge is 0.0999 e. The van der Waals surface area contributed by atoms with Crippen molar-refractivity contribution in [3.8, 4) is 0 Å². The van der Waals surface area contributed by atoms with Crippen LogP contribution in [0.25, 0.3) is 0 Å². The topological polar surface area (TPSA) is 0 Å². The van der Waals surface area contributed by atoms with Crippen LogP contribution in [-0.2, 0) is 0 Å². The van der Waals surface area contributed by atoms with Crippen LogP contribution >= 0.6 is 0 Å². The van der Waals surface area contributed by atoms with E-state index in [-0.39, 0.29) is 31.1 Å². The van der Waals surface area contributed by atoms with Crippen LogP contribution in [0.15, 0.2) is 12.2 Å². The van der Waals surface area contributed by atoms with Gasteiger partial charge in [-0.1, -0.05) is 51.2 Å². The van der Waals surface area contributed by atoms with Crippen LogP contribution in [0.1, 0.15) is 64.7 Å². The molecule has 0 spiro atoms. The maximum atomic E-state index is 5.25. The fourth-order valence-corrected chi connectivity index (χ4v) is 2.29. The van der Waals surface area contributed by atoms with E-state index in [1.807, 2.05) is 0 Å². The van der Waals surface area contributed by atoms with Gasteiger partial charge in [-0.3, -0.25) is 0 Å². The molecular weight excluding hydrogens is 405 g/mol. The summed E-state index contributed by atoms with van der Waals surface area (Å²) >= 11 is 0. The van der Waals surface area contributed by atoms with Crippen molar-refractivity contribution >= 4 is 8.38 Å². The zero-order chi connectivity index (χ0) is 11.5. The van der Waals surface area contributed by atoms with Gasteiger partial charge < -0.3 is 0 Å². The third-order valence-electron chi connectivity index (χ3n) is 3.36. The van der Waals surface area contributed by atoms with Crippen LogP contribution in [0.5, 0.6) is 0 Å². The van der Waals surface area contributed by atoms with Gasteiger partial charge in [0.05, 0.1) is 0 Å². The van der Waals surface area contributed by atoms with Gasteiger partial charge in [0, 0.05) is 39.5 Å². The summed E-state index contributed by atoms with van der Waals surface area (Å²) < 4.78 is 5.25. The summed E-state index contributed by atoms with van der Waals surface area (Å²) in [6, 6.07) is 0. The minimum absolute atomic E-state index is 0. The van der Waals surface area contributed by atoms with Crippen LogP contribution in [-0.4, -0.2) is 9.71 Å². The average Bonchev–Trinajstić information content (AvgIpc) is 2.93. The van der Waals surface area contributed by atoms with E-state index < -0.39 is 0 Å². The normalized spacial score (nSPS) is 20.3. The summed E-state index contributed by atoms with van der Waals surface area (Å²) in [5.74, 6) is 1.10. The Morgan fingerprint density at radius 2 is 1.67 bits per heavy atom. The molecule has 0 atom stereocenters. The first-order chi connectivity index (χ1) is 7.33. The second kappa shape index (κ2) is 11.3. The molecule has 2 saturated carbocycles. The fourth-order valence-electron chi connectivity index (χ4n) is 2.29. The Morgan fingerprint density at radius 1 is 1.20 bits per heavy atom. The number of hydrogen-bond donors (Lipinski definition) is 0. The Kier molecular flexibility index (Phi) is 12.0. The zero-order valence-electron chi connectivity index (χ0n) is 11.2. The van der Waals surface area contributed by atoms with Gasteiger partial charge in [0.2, 0.25) is 0 Å². The SMILES string of the molecule is C=C1CCCC1.CCC1CCCC1.[2H][B].[U]. The van der Waals surface area contributed by atoms with E-state index >= 15 is 0 Å². The molecule has 15 heavy (non-hydrogen) atoms. The van der Waals surface area contributed by atoms with Crippen molar-refractivity contribution in [1.29, 1.82) is 1.34 Å². The van der Waals surface area contributed by atoms with E-state index in [4.69, 9.17) is 1.34 Å². The van der Waals surface area contributed by atoms with Gasteiger partial charge in [-0.2, -0.15) is 0 Å². The van der Waals surface area contributed by atoms with Gasteiger partial charge in [-0.05, 0) is 32.9 Å². The molecule has 0 nitrogen and oxygen atoms in total. The monoisotopic (exact) mass is 431 g/mol. The second-order valence-electron chi connectivity index (χ2n) is 4.52. The molecule has 84 valence electrons. The van der Waals surface area contributed by atoms with Crippen molar-refractivity contribution in [3.05, 3.63) is 12.2 Å². The van der Waals surface area contributed by atoms with E-state index in [1.165, 1.54) is 63.4 Å². The molecule has 0 aromatic carbocycles. The molecule has 0 aliphatic heterocycles. The summed E-state index contributed by atoms with van der Waals surface area (Å²) in [4.78, 5) is 0. The van der Waals surface area contributed by atoms with E-state index in [0.29, 0.717) is 0 Å². The van der Waals surface area contributed by atoms with Gasteiger partial charge in [0.25, 0.3) is 0 Å². The minimum Gasteiger partial charge on any atom is -0.0999 e. The van der Waals surface area contributed by atoms with Gasteiger partial charge in [-0.25, -0.2) is 0 Å². The van der Waals surface area contributed by atoms with Crippen molar-refractivity contribution in [2.24, 2.45) is 5.92 Å². The Balaban J connectivity index is 0. The van der Waals surface area contributed by atoms with E-state index in [1.54, 1.807) is 0 Å². The molecule has 2 fully saturated rings. The van der Waals surface area contributed by atoms with Crippen molar-refractivity contribution in [2.75, 3.05) is 0 Å². The summed E-state index contributed by atoms with van der Waals surface area (Å²) in [6.45, 7) is 6.16. The fraction of sp³-hybridized carbons (Fsp3) is 0.846. The molecular formula is C13H25BU. The minimum atomic E-state index is 0. The smallest absolute Gasteiger partial charge is 0.0379 e. The number of hydrogen-bond acceptors (Lipinski definition) is 0. The van der Waals surface area contributed by atoms with E-state index in [9.17, 15) is 0 Å². The Labute approximate surface area is 123 Å². The quantitative estimate of drug-likeness (QED) is 0.434. The average molecular weight is 431 g/mol. The first kappa shape index (κ1) is 15.9. The van der Waals surface area contributed by atoms with Crippen LogP contribution in [0.4, 0.5) is 0 Å². The maximum Gasteiger partial charge on any atom is 0.0379 e. The Hall–Kier alpha value is 0.857. The van der Waals surface area contributed by atoms with Crippen molar-refractivity contribution in [1.82, 2.24) is 0 Å². The predicted octanol–water partition coefficient (Wildman–Crippen LogP) is 4.05. The summed E-state index contributed by atoms with van der Waals surface area (Å²) in [5, 5.41) is 0. The molecule has 2 heteroatoms. The molecule has 2 rings (SSSR count). The molecule has 2 radical (unpaired) electrons. The molecule has 0 aromatic rings. The Bertz CT molecular complexity index is 148. The van der Waals surface area contributed by atoms with Crippen molar-refractivity contribution in [2.45, 2.75) is 64.7 Å². The van der Waals surface area contributed by atoms with E-state index in [0.717, 1.165) is 5.92 Å². The molecule has 0 unspecified atom stereocenters. The molecule has 0 amide bonds. The summed E-state index contributed by atoms with van der Waals surface area (Å²) in [7, 11) is 3.75.